The van der Waals surface area contributed by atoms with E-state index in [2.05, 4.69) is 5.32 Å². The molecule has 0 bridgehead atoms. The van der Waals surface area contributed by atoms with Crippen LogP contribution in [-0.2, 0) is 4.79 Å². The summed E-state index contributed by atoms with van der Waals surface area (Å²) in [5, 5.41) is 12.0. The van der Waals surface area contributed by atoms with Crippen LogP contribution in [0.25, 0.3) is 0 Å². The highest BCUT2D eigenvalue weighted by Crippen LogP contribution is 2.25. The van der Waals surface area contributed by atoms with Crippen molar-refractivity contribution in [2.24, 2.45) is 5.92 Å². The lowest BCUT2D eigenvalue weighted by Gasteiger charge is -2.19. The molecular formula is C15H17NO3. The smallest absolute Gasteiger partial charge is 0.337 e. The molecule has 1 atom stereocenters. The summed E-state index contributed by atoms with van der Waals surface area (Å²) in [4.78, 5) is 23.0. The van der Waals surface area contributed by atoms with E-state index in [9.17, 15) is 9.59 Å². The van der Waals surface area contributed by atoms with Gasteiger partial charge in [-0.1, -0.05) is 19.1 Å². The minimum Gasteiger partial charge on any atom is -0.478 e. The maximum absolute atomic E-state index is 11.9. The van der Waals surface area contributed by atoms with Gasteiger partial charge in [0.15, 0.2) is 5.78 Å². The van der Waals surface area contributed by atoms with E-state index in [1.54, 1.807) is 24.4 Å². The first-order valence-electron chi connectivity index (χ1n) is 6.41. The molecule has 0 radical (unpaired) electrons. The molecule has 0 saturated heterocycles. The molecule has 0 spiro atoms. The molecule has 2 N–H and O–H groups in total. The van der Waals surface area contributed by atoms with Crippen LogP contribution < -0.4 is 5.32 Å². The van der Waals surface area contributed by atoms with Crippen molar-refractivity contribution in [3.8, 4) is 0 Å². The number of anilines is 1. The number of aromatic carboxylic acids is 1. The van der Waals surface area contributed by atoms with E-state index in [-0.39, 0.29) is 17.3 Å². The maximum atomic E-state index is 11.9. The van der Waals surface area contributed by atoms with Crippen LogP contribution in [0, 0.1) is 5.92 Å². The van der Waals surface area contributed by atoms with Gasteiger partial charge < -0.3 is 10.4 Å². The number of carboxylic acid groups (broad SMARTS) is 1. The number of benzene rings is 1. The molecule has 1 aliphatic rings. The Morgan fingerprint density at radius 2 is 2.16 bits per heavy atom. The Hall–Kier alpha value is -2.10. The standard InChI is InChI=1S/C15H17NO3/c1-10-5-4-6-11(14(10)17)9-16-13-8-3-2-7-12(13)15(18)19/h2-3,7-10,16H,4-6H2,1H3,(H,18,19)/b11-9-/t10-/m0/s1. The normalized spacial score (nSPS) is 21.4. The van der Waals surface area contributed by atoms with Crippen LogP contribution >= 0.6 is 0 Å². The summed E-state index contributed by atoms with van der Waals surface area (Å²) in [7, 11) is 0. The van der Waals surface area contributed by atoms with Gasteiger partial charge >= 0.3 is 5.97 Å². The number of hydrogen-bond acceptors (Lipinski definition) is 3. The van der Waals surface area contributed by atoms with E-state index >= 15 is 0 Å². The average Bonchev–Trinajstić information content (AvgIpc) is 2.40. The molecule has 0 heterocycles. The van der Waals surface area contributed by atoms with Crippen molar-refractivity contribution >= 4 is 17.4 Å². The first-order valence-corrected chi connectivity index (χ1v) is 6.41. The second kappa shape index (κ2) is 5.69. The fourth-order valence-electron chi connectivity index (χ4n) is 2.27. The molecule has 0 aliphatic heterocycles. The van der Waals surface area contributed by atoms with Crippen molar-refractivity contribution in [3.05, 3.63) is 41.6 Å². The van der Waals surface area contributed by atoms with Gasteiger partial charge in [-0.05, 0) is 31.4 Å². The topological polar surface area (TPSA) is 66.4 Å². The second-order valence-electron chi connectivity index (χ2n) is 4.82. The Bertz CT molecular complexity index is 534. The third-order valence-corrected chi connectivity index (χ3v) is 3.41. The summed E-state index contributed by atoms with van der Waals surface area (Å²) in [6.45, 7) is 1.93. The molecule has 1 aromatic carbocycles. The van der Waals surface area contributed by atoms with Gasteiger partial charge in [-0.2, -0.15) is 0 Å². The second-order valence-corrected chi connectivity index (χ2v) is 4.82. The third kappa shape index (κ3) is 3.02. The van der Waals surface area contributed by atoms with Crippen LogP contribution in [-0.4, -0.2) is 16.9 Å². The summed E-state index contributed by atoms with van der Waals surface area (Å²) >= 11 is 0. The fourth-order valence-corrected chi connectivity index (χ4v) is 2.27. The summed E-state index contributed by atoms with van der Waals surface area (Å²) < 4.78 is 0. The zero-order valence-electron chi connectivity index (χ0n) is 10.8. The molecule has 1 fully saturated rings. The van der Waals surface area contributed by atoms with Crippen LogP contribution in [0.5, 0.6) is 0 Å². The van der Waals surface area contributed by atoms with Gasteiger partial charge in [0.1, 0.15) is 0 Å². The molecule has 2 rings (SSSR count). The Kier molecular flexibility index (Phi) is 4.00. The summed E-state index contributed by atoms with van der Waals surface area (Å²) in [5.74, 6) is -0.757. The van der Waals surface area contributed by atoms with Crippen LogP contribution in [0.15, 0.2) is 36.0 Å². The Morgan fingerprint density at radius 3 is 2.89 bits per heavy atom. The third-order valence-electron chi connectivity index (χ3n) is 3.41. The lowest BCUT2D eigenvalue weighted by molar-refractivity contribution is -0.119. The molecule has 4 heteroatoms. The molecular weight excluding hydrogens is 242 g/mol. The average molecular weight is 259 g/mol. The SMILES string of the molecule is C[C@H]1CCC/C(=C/Nc2ccccc2C(=O)O)C1=O. The lowest BCUT2D eigenvalue weighted by atomic mass is 9.86. The van der Waals surface area contributed by atoms with Gasteiger partial charge in [0.2, 0.25) is 0 Å². The van der Waals surface area contributed by atoms with Crippen molar-refractivity contribution in [1.82, 2.24) is 0 Å². The Labute approximate surface area is 112 Å². The number of carbonyl (C=O) groups excluding carboxylic acids is 1. The molecule has 1 saturated carbocycles. The van der Waals surface area contributed by atoms with Gasteiger partial charge in [-0.3, -0.25) is 4.79 Å². The molecule has 1 aromatic rings. The quantitative estimate of drug-likeness (QED) is 0.819. The first-order chi connectivity index (χ1) is 9.09. The van der Waals surface area contributed by atoms with Gasteiger partial charge in [0, 0.05) is 17.7 Å². The zero-order chi connectivity index (χ0) is 13.8. The highest BCUT2D eigenvalue weighted by atomic mass is 16.4. The number of allylic oxidation sites excluding steroid dienone is 1. The summed E-state index contributed by atoms with van der Waals surface area (Å²) in [5.41, 5.74) is 1.46. The highest BCUT2D eigenvalue weighted by molar-refractivity contribution is 5.98. The molecule has 1 aliphatic carbocycles. The summed E-state index contributed by atoms with van der Waals surface area (Å²) in [6, 6.07) is 6.67. The van der Waals surface area contributed by atoms with E-state index < -0.39 is 5.97 Å². The van der Waals surface area contributed by atoms with Crippen LogP contribution in [0.2, 0.25) is 0 Å². The van der Waals surface area contributed by atoms with Gasteiger partial charge in [-0.15, -0.1) is 0 Å². The van der Waals surface area contributed by atoms with Crippen molar-refractivity contribution in [2.75, 3.05) is 5.32 Å². The fraction of sp³-hybridized carbons (Fsp3) is 0.333. The molecule has 100 valence electrons. The lowest BCUT2D eigenvalue weighted by Crippen LogP contribution is -2.19. The number of ketones is 1. The first kappa shape index (κ1) is 13.3. The van der Waals surface area contributed by atoms with Crippen molar-refractivity contribution in [2.45, 2.75) is 26.2 Å². The molecule has 4 nitrogen and oxygen atoms in total. The summed E-state index contributed by atoms with van der Waals surface area (Å²) in [6.07, 6.45) is 4.34. The number of para-hydroxylation sites is 1. The van der Waals surface area contributed by atoms with Crippen molar-refractivity contribution < 1.29 is 14.7 Å². The molecule has 0 aromatic heterocycles. The van der Waals surface area contributed by atoms with Crippen molar-refractivity contribution in [3.63, 3.8) is 0 Å². The predicted molar refractivity (Wildman–Crippen MR) is 73.1 cm³/mol. The van der Waals surface area contributed by atoms with Gasteiger partial charge in [-0.25, -0.2) is 4.79 Å². The Morgan fingerprint density at radius 1 is 1.42 bits per heavy atom. The minimum absolute atomic E-state index is 0.0662. The number of carbonyl (C=O) groups is 2. The molecule has 0 amide bonds. The molecule has 0 unspecified atom stereocenters. The van der Waals surface area contributed by atoms with Crippen LogP contribution in [0.4, 0.5) is 5.69 Å². The highest BCUT2D eigenvalue weighted by Gasteiger charge is 2.22. The van der Waals surface area contributed by atoms with E-state index in [0.29, 0.717) is 5.69 Å². The van der Waals surface area contributed by atoms with E-state index in [0.717, 1.165) is 24.8 Å². The number of Topliss-reactive ketones (excluding diaryl/α,β-unsaturated/α-hetero) is 1. The van der Waals surface area contributed by atoms with E-state index in [1.807, 2.05) is 6.92 Å². The number of hydrogen-bond donors (Lipinski definition) is 2. The van der Waals surface area contributed by atoms with E-state index in [1.165, 1.54) is 6.07 Å². The van der Waals surface area contributed by atoms with Gasteiger partial charge in [0.25, 0.3) is 0 Å². The Balaban J connectivity index is 2.18. The number of rotatable bonds is 3. The minimum atomic E-state index is -0.982. The maximum Gasteiger partial charge on any atom is 0.337 e. The van der Waals surface area contributed by atoms with E-state index in [4.69, 9.17) is 5.11 Å². The van der Waals surface area contributed by atoms with Crippen LogP contribution in [0.3, 0.4) is 0 Å². The number of nitrogens with one attached hydrogen (secondary N) is 1. The van der Waals surface area contributed by atoms with Crippen LogP contribution in [0.1, 0.15) is 36.5 Å². The van der Waals surface area contributed by atoms with Gasteiger partial charge in [0.05, 0.1) is 11.3 Å². The predicted octanol–water partition coefficient (Wildman–Crippen LogP) is 3.07. The zero-order valence-corrected chi connectivity index (χ0v) is 10.8. The largest absolute Gasteiger partial charge is 0.478 e. The molecule has 19 heavy (non-hydrogen) atoms. The number of carboxylic acids is 1. The monoisotopic (exact) mass is 259 g/mol. The van der Waals surface area contributed by atoms with Crippen molar-refractivity contribution in [1.29, 1.82) is 0 Å².